The Hall–Kier alpha value is -2.42. The number of hydrogen-bond donors (Lipinski definition) is 1. The highest BCUT2D eigenvalue weighted by Crippen LogP contribution is 2.37. The zero-order valence-electron chi connectivity index (χ0n) is 11.9. The largest absolute Gasteiger partial charge is 0.413 e. The molecule has 9 heteroatoms. The van der Waals surface area contributed by atoms with Crippen molar-refractivity contribution >= 4 is 5.91 Å². The summed E-state index contributed by atoms with van der Waals surface area (Å²) in [4.78, 5) is 12.3. The van der Waals surface area contributed by atoms with Gasteiger partial charge in [-0.25, -0.2) is 4.68 Å². The van der Waals surface area contributed by atoms with Crippen LogP contribution in [0.25, 0.3) is 5.69 Å². The van der Waals surface area contributed by atoms with Crippen molar-refractivity contribution in [3.8, 4) is 5.69 Å². The maximum absolute atomic E-state index is 13.3. The van der Waals surface area contributed by atoms with Gasteiger partial charge in [0.1, 0.15) is 0 Å². The van der Waals surface area contributed by atoms with Gasteiger partial charge in [-0.1, -0.05) is 11.3 Å². The monoisotopic (exact) mass is 326 g/mol. The fourth-order valence-corrected chi connectivity index (χ4v) is 2.38. The lowest BCUT2D eigenvalue weighted by molar-refractivity contribution is -0.192. The fraction of sp³-hybridized carbons (Fsp3) is 0.357. The van der Waals surface area contributed by atoms with Crippen LogP contribution >= 0.6 is 0 Å². The summed E-state index contributed by atoms with van der Waals surface area (Å²) in [6.45, 7) is -0.621. The van der Waals surface area contributed by atoms with Gasteiger partial charge in [0, 0.05) is 18.6 Å². The lowest BCUT2D eigenvalue weighted by Gasteiger charge is -2.31. The highest BCUT2D eigenvalue weighted by atomic mass is 19.4. The molecule has 122 valence electrons. The third-order valence-corrected chi connectivity index (χ3v) is 3.71. The third kappa shape index (κ3) is 2.91. The van der Waals surface area contributed by atoms with Crippen molar-refractivity contribution < 1.29 is 22.7 Å². The summed E-state index contributed by atoms with van der Waals surface area (Å²) in [5, 5.41) is 9.51. The molecule has 1 saturated heterocycles. The van der Waals surface area contributed by atoms with Crippen LogP contribution < -0.4 is 5.32 Å². The van der Waals surface area contributed by atoms with Gasteiger partial charge >= 0.3 is 6.18 Å². The van der Waals surface area contributed by atoms with Crippen LogP contribution in [-0.2, 0) is 4.74 Å². The number of alkyl halides is 3. The number of nitrogens with zero attached hydrogens (tertiary/aromatic N) is 3. The molecule has 1 N–H and O–H groups in total. The molecule has 0 spiro atoms. The van der Waals surface area contributed by atoms with Crippen LogP contribution in [0.15, 0.2) is 36.7 Å². The van der Waals surface area contributed by atoms with Gasteiger partial charge < -0.3 is 10.1 Å². The van der Waals surface area contributed by atoms with E-state index in [1.807, 2.05) is 0 Å². The maximum atomic E-state index is 13.3. The molecule has 1 fully saturated rings. The number of carbonyl (C=O) groups excluding carboxylic acids is 1. The molecule has 1 aliphatic rings. The average Bonchev–Trinajstić information content (AvgIpc) is 3.18. The molecule has 1 aliphatic heterocycles. The normalized spacial score (nSPS) is 21.3. The second-order valence-electron chi connectivity index (χ2n) is 5.23. The average molecular weight is 326 g/mol. The Kier molecular flexibility index (Phi) is 3.80. The number of halogens is 3. The highest BCUT2D eigenvalue weighted by Gasteiger charge is 2.58. The van der Waals surface area contributed by atoms with Crippen molar-refractivity contribution in [1.82, 2.24) is 20.3 Å². The highest BCUT2D eigenvalue weighted by molar-refractivity contribution is 5.95. The predicted molar refractivity (Wildman–Crippen MR) is 73.0 cm³/mol. The molecule has 3 rings (SSSR count). The van der Waals surface area contributed by atoms with Crippen LogP contribution in [-0.4, -0.2) is 45.8 Å². The van der Waals surface area contributed by atoms with E-state index in [0.717, 1.165) is 0 Å². The van der Waals surface area contributed by atoms with Crippen molar-refractivity contribution in [3.63, 3.8) is 0 Å². The lowest BCUT2D eigenvalue weighted by atomic mass is 9.97. The Morgan fingerprint density at radius 1 is 1.39 bits per heavy atom. The summed E-state index contributed by atoms with van der Waals surface area (Å²) in [5.74, 6) is -0.810. The van der Waals surface area contributed by atoms with E-state index in [9.17, 15) is 18.0 Å². The first-order valence-electron chi connectivity index (χ1n) is 6.85. The Bertz CT molecular complexity index is 694. The van der Waals surface area contributed by atoms with Crippen molar-refractivity contribution in [2.45, 2.75) is 18.1 Å². The minimum absolute atomic E-state index is 0.0429. The Morgan fingerprint density at radius 2 is 2.22 bits per heavy atom. The van der Waals surface area contributed by atoms with Crippen molar-refractivity contribution in [3.05, 3.63) is 42.2 Å². The second-order valence-corrected chi connectivity index (χ2v) is 5.23. The predicted octanol–water partition coefficient (Wildman–Crippen LogP) is 1.72. The molecule has 0 radical (unpaired) electrons. The minimum atomic E-state index is -4.58. The van der Waals surface area contributed by atoms with E-state index in [1.54, 1.807) is 18.3 Å². The molecule has 1 atom stereocenters. The summed E-state index contributed by atoms with van der Waals surface area (Å²) >= 11 is 0. The first kappa shape index (κ1) is 15.5. The first-order valence-corrected chi connectivity index (χ1v) is 6.85. The number of benzene rings is 1. The van der Waals surface area contributed by atoms with Crippen LogP contribution in [0.5, 0.6) is 0 Å². The summed E-state index contributed by atoms with van der Waals surface area (Å²) in [6, 6.07) is 6.13. The molecular weight excluding hydrogens is 313 g/mol. The van der Waals surface area contributed by atoms with Crippen LogP contribution in [0.3, 0.4) is 0 Å². The molecule has 2 aromatic rings. The van der Waals surface area contributed by atoms with Gasteiger partial charge in [-0.2, -0.15) is 13.2 Å². The van der Waals surface area contributed by atoms with E-state index in [0.29, 0.717) is 5.69 Å². The van der Waals surface area contributed by atoms with E-state index in [4.69, 9.17) is 4.74 Å². The number of ether oxygens (including phenoxy) is 1. The number of amides is 1. The Morgan fingerprint density at radius 3 is 2.83 bits per heavy atom. The van der Waals surface area contributed by atoms with Crippen LogP contribution in [0.2, 0.25) is 0 Å². The molecule has 0 bridgehead atoms. The maximum Gasteiger partial charge on any atom is 0.413 e. The quantitative estimate of drug-likeness (QED) is 0.932. The smallest absolute Gasteiger partial charge is 0.379 e. The Balaban J connectivity index is 1.85. The molecule has 1 aromatic heterocycles. The summed E-state index contributed by atoms with van der Waals surface area (Å²) in [5.41, 5.74) is -1.71. The molecule has 6 nitrogen and oxygen atoms in total. The molecule has 0 aliphatic carbocycles. The standard InChI is InChI=1S/C14H13F3N4O2/c15-14(16,17)13(4-7-23-9-13)19-12(22)10-2-1-3-11(8-10)21-6-5-18-20-21/h1-3,5-6,8H,4,7,9H2,(H,19,22)/t13-/m0/s1. The molecule has 1 amide bonds. The first-order chi connectivity index (χ1) is 10.9. The van der Waals surface area contributed by atoms with E-state index in [-0.39, 0.29) is 18.6 Å². The Labute approximate surface area is 129 Å². The summed E-state index contributed by atoms with van der Waals surface area (Å²) in [7, 11) is 0. The van der Waals surface area contributed by atoms with Crippen LogP contribution in [0.4, 0.5) is 13.2 Å². The van der Waals surface area contributed by atoms with E-state index >= 15 is 0 Å². The molecule has 1 aromatic carbocycles. The minimum Gasteiger partial charge on any atom is -0.379 e. The zero-order valence-corrected chi connectivity index (χ0v) is 11.9. The molecule has 0 saturated carbocycles. The molecule has 2 heterocycles. The SMILES string of the molecule is O=C(N[C@@]1(C(F)(F)F)CCOC1)c1cccc(-n2ccnn2)c1. The van der Waals surface area contributed by atoms with Gasteiger partial charge in [0.15, 0.2) is 5.54 Å². The second kappa shape index (κ2) is 5.65. The van der Waals surface area contributed by atoms with Crippen molar-refractivity contribution in [2.24, 2.45) is 0 Å². The van der Waals surface area contributed by atoms with Crippen molar-refractivity contribution in [2.75, 3.05) is 13.2 Å². The van der Waals surface area contributed by atoms with E-state index in [1.165, 1.54) is 23.0 Å². The van der Waals surface area contributed by atoms with Gasteiger partial charge in [-0.15, -0.1) is 5.10 Å². The number of aromatic nitrogens is 3. The summed E-state index contributed by atoms with van der Waals surface area (Å²) < 4.78 is 46.1. The third-order valence-electron chi connectivity index (χ3n) is 3.71. The van der Waals surface area contributed by atoms with Gasteiger partial charge in [-0.05, 0) is 18.2 Å². The van der Waals surface area contributed by atoms with Gasteiger partial charge in [0.25, 0.3) is 5.91 Å². The van der Waals surface area contributed by atoms with Crippen LogP contribution in [0, 0.1) is 0 Å². The number of carbonyl (C=O) groups is 1. The van der Waals surface area contributed by atoms with Crippen LogP contribution in [0.1, 0.15) is 16.8 Å². The fourth-order valence-electron chi connectivity index (χ4n) is 2.38. The lowest BCUT2D eigenvalue weighted by Crippen LogP contribution is -2.59. The van der Waals surface area contributed by atoms with Gasteiger partial charge in [0.2, 0.25) is 0 Å². The number of rotatable bonds is 3. The molecule has 0 unspecified atom stereocenters. The van der Waals surface area contributed by atoms with Crippen molar-refractivity contribution in [1.29, 1.82) is 0 Å². The topological polar surface area (TPSA) is 69.0 Å². The summed E-state index contributed by atoms with van der Waals surface area (Å²) in [6.07, 6.45) is -1.85. The van der Waals surface area contributed by atoms with E-state index in [2.05, 4.69) is 15.6 Å². The molecule has 23 heavy (non-hydrogen) atoms. The van der Waals surface area contributed by atoms with Gasteiger partial charge in [0.05, 0.1) is 24.7 Å². The zero-order chi connectivity index (χ0) is 16.5. The van der Waals surface area contributed by atoms with Gasteiger partial charge in [-0.3, -0.25) is 4.79 Å². The van der Waals surface area contributed by atoms with E-state index < -0.39 is 24.2 Å². The number of hydrogen-bond acceptors (Lipinski definition) is 4. The molecular formula is C14H13F3N4O2. The number of nitrogens with one attached hydrogen (secondary N) is 1.